The van der Waals surface area contributed by atoms with Crippen molar-refractivity contribution in [3.05, 3.63) is 81.4 Å². The first-order valence-corrected chi connectivity index (χ1v) is 10.4. The first-order valence-electron chi connectivity index (χ1n) is 10.4. The van der Waals surface area contributed by atoms with Crippen molar-refractivity contribution >= 4 is 23.6 Å². The molecule has 2 amide bonds. The van der Waals surface area contributed by atoms with Crippen LogP contribution in [0.25, 0.3) is 0 Å². The average molecular weight is 480 g/mol. The van der Waals surface area contributed by atoms with Gasteiger partial charge in [0.05, 0.1) is 14.2 Å². The molecule has 182 valence electrons. The van der Waals surface area contributed by atoms with E-state index in [2.05, 4.69) is 20.6 Å². The van der Waals surface area contributed by atoms with Crippen LogP contribution in [0, 0.1) is 6.92 Å². The number of benzene rings is 2. The van der Waals surface area contributed by atoms with Gasteiger partial charge in [-0.25, -0.2) is 14.6 Å². The first-order chi connectivity index (χ1) is 16.7. The number of aromatic amines is 1. The van der Waals surface area contributed by atoms with E-state index in [9.17, 15) is 24.3 Å². The maximum atomic E-state index is 13.0. The number of anilines is 1. The van der Waals surface area contributed by atoms with Crippen LogP contribution in [-0.2, 0) is 11.2 Å². The van der Waals surface area contributed by atoms with Crippen LogP contribution in [0.1, 0.15) is 31.8 Å². The number of carbonyl (C=O) groups excluding carboxylic acids is 2. The van der Waals surface area contributed by atoms with Gasteiger partial charge in [-0.1, -0.05) is 23.8 Å². The quantitative estimate of drug-likeness (QED) is 0.361. The molecule has 1 heterocycles. The number of nitrogens with one attached hydrogen (secondary N) is 3. The summed E-state index contributed by atoms with van der Waals surface area (Å²) in [4.78, 5) is 55.4. The Hall–Kier alpha value is -4.67. The van der Waals surface area contributed by atoms with E-state index in [4.69, 9.17) is 9.47 Å². The van der Waals surface area contributed by atoms with Crippen LogP contribution in [0.5, 0.6) is 11.5 Å². The van der Waals surface area contributed by atoms with E-state index in [1.807, 2.05) is 6.92 Å². The first kappa shape index (κ1) is 25.0. The minimum absolute atomic E-state index is 0.0706. The van der Waals surface area contributed by atoms with Crippen LogP contribution in [0.2, 0.25) is 0 Å². The molecule has 0 saturated carbocycles. The number of hydrogen-bond acceptors (Lipinski definition) is 7. The molecule has 35 heavy (non-hydrogen) atoms. The Labute approximate surface area is 200 Å². The van der Waals surface area contributed by atoms with Gasteiger partial charge in [-0.15, -0.1) is 0 Å². The number of ether oxygens (including phenoxy) is 2. The van der Waals surface area contributed by atoms with Crippen molar-refractivity contribution < 1.29 is 29.0 Å². The summed E-state index contributed by atoms with van der Waals surface area (Å²) in [6, 6.07) is 10.0. The molecule has 3 rings (SSSR count). The van der Waals surface area contributed by atoms with Crippen molar-refractivity contribution in [1.82, 2.24) is 15.3 Å². The van der Waals surface area contributed by atoms with Crippen molar-refractivity contribution in [2.75, 3.05) is 19.5 Å². The van der Waals surface area contributed by atoms with E-state index >= 15 is 0 Å². The number of carbonyl (C=O) groups is 3. The highest BCUT2D eigenvalue weighted by atomic mass is 16.5. The van der Waals surface area contributed by atoms with E-state index < -0.39 is 29.5 Å². The average Bonchev–Trinajstić information content (AvgIpc) is 2.84. The molecule has 0 spiro atoms. The number of carboxylic acids is 1. The summed E-state index contributed by atoms with van der Waals surface area (Å²) in [7, 11) is 2.78. The van der Waals surface area contributed by atoms with Crippen LogP contribution >= 0.6 is 0 Å². The molecule has 2 aromatic carbocycles. The topological polar surface area (TPSA) is 160 Å². The standard InChI is InChI=1S/C24H24N4O7/c1-13-7-9-14(10-8-13)21(29)26-16(23(31)32)11-15-12-25-24(33)28-20(15)27-22(30)19-17(34-2)5-4-6-18(19)35-3/h4-10,12,16H,11H2,1-3H3,(H,26,29)(H,31,32)(H2,25,27,28,30,33). The van der Waals surface area contributed by atoms with Gasteiger partial charge in [-0.3, -0.25) is 14.6 Å². The highest BCUT2D eigenvalue weighted by Crippen LogP contribution is 2.29. The third-order valence-corrected chi connectivity index (χ3v) is 5.13. The van der Waals surface area contributed by atoms with E-state index in [1.54, 1.807) is 42.5 Å². The molecule has 4 N–H and O–H groups in total. The number of rotatable bonds is 9. The third-order valence-electron chi connectivity index (χ3n) is 5.13. The Morgan fingerprint density at radius 2 is 1.66 bits per heavy atom. The van der Waals surface area contributed by atoms with Gasteiger partial charge in [0, 0.05) is 23.7 Å². The molecule has 1 aromatic heterocycles. The number of aryl methyl sites for hydroxylation is 1. The molecule has 0 fully saturated rings. The zero-order valence-corrected chi connectivity index (χ0v) is 19.2. The summed E-state index contributed by atoms with van der Waals surface area (Å²) in [6.45, 7) is 1.86. The number of hydrogen-bond donors (Lipinski definition) is 4. The summed E-state index contributed by atoms with van der Waals surface area (Å²) in [5.74, 6) is -2.17. The molecule has 11 heteroatoms. The molecule has 1 atom stereocenters. The lowest BCUT2D eigenvalue weighted by Crippen LogP contribution is -2.42. The SMILES string of the molecule is COc1cccc(OC)c1C(=O)Nc1[nH]c(=O)ncc1CC(NC(=O)c1ccc(C)cc1)C(=O)O. The largest absolute Gasteiger partial charge is 0.496 e. The van der Waals surface area contributed by atoms with Gasteiger partial charge in [0.1, 0.15) is 28.9 Å². The summed E-state index contributed by atoms with van der Waals surface area (Å²) >= 11 is 0. The van der Waals surface area contributed by atoms with Gasteiger partial charge in [-0.2, -0.15) is 0 Å². The van der Waals surface area contributed by atoms with E-state index in [1.165, 1.54) is 14.2 Å². The molecule has 0 bridgehead atoms. The van der Waals surface area contributed by atoms with Crippen molar-refractivity contribution in [2.24, 2.45) is 0 Å². The van der Waals surface area contributed by atoms with Gasteiger partial charge in [0.2, 0.25) is 0 Å². The smallest absolute Gasteiger partial charge is 0.346 e. The minimum Gasteiger partial charge on any atom is -0.496 e. The number of amides is 2. The fraction of sp³-hybridized carbons (Fsp3) is 0.208. The van der Waals surface area contributed by atoms with Crippen LogP contribution < -0.4 is 25.8 Å². The molecular weight excluding hydrogens is 456 g/mol. The second kappa shape index (κ2) is 11.0. The summed E-state index contributed by atoms with van der Waals surface area (Å²) in [5.41, 5.74) is 0.736. The van der Waals surface area contributed by atoms with Crippen molar-refractivity contribution in [3.63, 3.8) is 0 Å². The fourth-order valence-corrected chi connectivity index (χ4v) is 3.30. The fourth-order valence-electron chi connectivity index (χ4n) is 3.30. The predicted octanol–water partition coefficient (Wildman–Crippen LogP) is 1.77. The maximum absolute atomic E-state index is 13.0. The van der Waals surface area contributed by atoms with Gasteiger partial charge >= 0.3 is 11.7 Å². The van der Waals surface area contributed by atoms with Crippen LogP contribution in [0.15, 0.2) is 53.5 Å². The predicted molar refractivity (Wildman–Crippen MR) is 126 cm³/mol. The van der Waals surface area contributed by atoms with E-state index in [-0.39, 0.29) is 34.9 Å². The molecular formula is C24H24N4O7. The Morgan fingerprint density at radius 1 is 1.03 bits per heavy atom. The molecule has 0 aliphatic rings. The summed E-state index contributed by atoms with van der Waals surface area (Å²) in [6.07, 6.45) is 0.872. The Bertz CT molecular complexity index is 1280. The van der Waals surface area contributed by atoms with Gasteiger partial charge in [0.25, 0.3) is 11.8 Å². The number of aliphatic carboxylic acids is 1. The number of methoxy groups -OCH3 is 2. The molecule has 1 unspecified atom stereocenters. The molecule has 3 aromatic rings. The second-order valence-electron chi connectivity index (χ2n) is 7.51. The van der Waals surface area contributed by atoms with E-state index in [0.717, 1.165) is 11.8 Å². The minimum atomic E-state index is -1.37. The van der Waals surface area contributed by atoms with Crippen molar-refractivity contribution in [1.29, 1.82) is 0 Å². The highest BCUT2D eigenvalue weighted by Gasteiger charge is 2.25. The van der Waals surface area contributed by atoms with Crippen molar-refractivity contribution in [3.8, 4) is 11.5 Å². The van der Waals surface area contributed by atoms with Gasteiger partial charge in [-0.05, 0) is 31.2 Å². The molecule has 0 saturated heterocycles. The normalized spacial score (nSPS) is 11.3. The van der Waals surface area contributed by atoms with Crippen molar-refractivity contribution in [2.45, 2.75) is 19.4 Å². The van der Waals surface area contributed by atoms with E-state index in [0.29, 0.717) is 5.56 Å². The molecule has 0 aliphatic carbocycles. The Balaban J connectivity index is 1.88. The number of nitrogens with zero attached hydrogens (tertiary/aromatic N) is 1. The summed E-state index contributed by atoms with van der Waals surface area (Å²) < 4.78 is 10.5. The summed E-state index contributed by atoms with van der Waals surface area (Å²) in [5, 5.41) is 14.7. The third kappa shape index (κ3) is 6.02. The molecule has 11 nitrogen and oxygen atoms in total. The molecule has 0 aliphatic heterocycles. The second-order valence-corrected chi connectivity index (χ2v) is 7.51. The maximum Gasteiger partial charge on any atom is 0.346 e. The lowest BCUT2D eigenvalue weighted by Gasteiger charge is -2.17. The highest BCUT2D eigenvalue weighted by molar-refractivity contribution is 6.08. The molecule has 0 radical (unpaired) electrons. The Morgan fingerprint density at radius 3 is 2.23 bits per heavy atom. The number of aromatic nitrogens is 2. The zero-order valence-electron chi connectivity index (χ0n) is 19.2. The monoisotopic (exact) mass is 480 g/mol. The van der Waals surface area contributed by atoms with Gasteiger partial charge in [0.15, 0.2) is 0 Å². The lowest BCUT2D eigenvalue weighted by atomic mass is 10.1. The van der Waals surface area contributed by atoms with Crippen LogP contribution in [-0.4, -0.2) is 53.1 Å². The van der Waals surface area contributed by atoms with Crippen LogP contribution in [0.4, 0.5) is 5.82 Å². The van der Waals surface area contributed by atoms with Gasteiger partial charge < -0.3 is 25.2 Å². The zero-order chi connectivity index (χ0) is 25.5. The lowest BCUT2D eigenvalue weighted by molar-refractivity contribution is -0.139. The van der Waals surface area contributed by atoms with Crippen LogP contribution in [0.3, 0.4) is 0 Å². The number of carboxylic acid groups (broad SMARTS) is 1. The Kier molecular flexibility index (Phi) is 7.82. The number of H-pyrrole nitrogens is 1.